The predicted molar refractivity (Wildman–Crippen MR) is 75.7 cm³/mol. The first kappa shape index (κ1) is 15.3. The second kappa shape index (κ2) is 7.61. The molecule has 0 radical (unpaired) electrons. The van der Waals surface area contributed by atoms with Crippen LogP contribution in [-0.4, -0.2) is 24.9 Å². The molecule has 1 rings (SSSR count). The van der Waals surface area contributed by atoms with Crippen LogP contribution >= 0.6 is 23.4 Å². The van der Waals surface area contributed by atoms with Crippen LogP contribution < -0.4 is 5.73 Å². The summed E-state index contributed by atoms with van der Waals surface area (Å²) in [5.74, 6) is 0.0355. The summed E-state index contributed by atoms with van der Waals surface area (Å²) in [5, 5.41) is 0.805. The van der Waals surface area contributed by atoms with Crippen molar-refractivity contribution in [3.8, 4) is 0 Å². The van der Waals surface area contributed by atoms with Gasteiger partial charge in [0, 0.05) is 23.4 Å². The van der Waals surface area contributed by atoms with Gasteiger partial charge in [-0.2, -0.15) is 0 Å². The number of halogens is 2. The molecule has 0 spiro atoms. The SMILES string of the molecule is COC[C@@H](C)N=C(N)SCc1c(F)cccc1Cl. The molecule has 0 aliphatic heterocycles. The number of amidine groups is 1. The number of nitrogens with two attached hydrogens (primary N) is 1. The minimum absolute atomic E-state index is 0.0152. The predicted octanol–water partition coefficient (Wildman–Crippen LogP) is 3.06. The van der Waals surface area contributed by atoms with Crippen molar-refractivity contribution in [1.82, 2.24) is 0 Å². The summed E-state index contributed by atoms with van der Waals surface area (Å²) < 4.78 is 18.4. The maximum Gasteiger partial charge on any atom is 0.154 e. The summed E-state index contributed by atoms with van der Waals surface area (Å²) >= 11 is 7.17. The normalized spacial score (nSPS) is 13.7. The number of hydrogen-bond donors (Lipinski definition) is 1. The molecule has 0 amide bonds. The van der Waals surface area contributed by atoms with Crippen LogP contribution in [0, 0.1) is 5.82 Å². The Hall–Kier alpha value is -0.780. The minimum Gasteiger partial charge on any atom is -0.382 e. The Bertz CT molecular complexity index is 408. The van der Waals surface area contributed by atoms with Gasteiger partial charge in [0.1, 0.15) is 5.82 Å². The van der Waals surface area contributed by atoms with Gasteiger partial charge in [0.2, 0.25) is 0 Å². The zero-order valence-corrected chi connectivity index (χ0v) is 11.9. The number of rotatable bonds is 5. The fourth-order valence-electron chi connectivity index (χ4n) is 1.35. The van der Waals surface area contributed by atoms with Crippen LogP contribution in [0.3, 0.4) is 0 Å². The Labute approximate surface area is 116 Å². The van der Waals surface area contributed by atoms with E-state index in [2.05, 4.69) is 4.99 Å². The molecule has 0 unspecified atom stereocenters. The molecule has 18 heavy (non-hydrogen) atoms. The van der Waals surface area contributed by atoms with Gasteiger partial charge in [-0.1, -0.05) is 29.4 Å². The smallest absolute Gasteiger partial charge is 0.154 e. The molecule has 0 aliphatic rings. The van der Waals surface area contributed by atoms with Gasteiger partial charge in [0.05, 0.1) is 12.6 Å². The number of hydrogen-bond acceptors (Lipinski definition) is 3. The molecule has 0 heterocycles. The van der Waals surface area contributed by atoms with Crippen LogP contribution in [0.1, 0.15) is 12.5 Å². The Morgan fingerprint density at radius 1 is 1.61 bits per heavy atom. The van der Waals surface area contributed by atoms with Gasteiger partial charge in [-0.05, 0) is 19.1 Å². The van der Waals surface area contributed by atoms with Gasteiger partial charge in [0.15, 0.2) is 5.17 Å². The standard InChI is InChI=1S/C12H16ClFN2OS/c1-8(6-17-2)16-12(15)18-7-9-10(13)4-3-5-11(9)14/h3-5,8H,6-7H2,1-2H3,(H2,15,16)/t8-/m1/s1. The number of benzene rings is 1. The molecule has 1 aromatic rings. The van der Waals surface area contributed by atoms with E-state index in [-0.39, 0.29) is 11.9 Å². The average Bonchev–Trinajstić information content (AvgIpc) is 2.28. The second-order valence-corrected chi connectivity index (χ2v) is 5.16. The van der Waals surface area contributed by atoms with E-state index < -0.39 is 0 Å². The van der Waals surface area contributed by atoms with E-state index in [4.69, 9.17) is 22.1 Å². The van der Waals surface area contributed by atoms with Gasteiger partial charge in [-0.3, -0.25) is 4.99 Å². The Kier molecular flexibility index (Phi) is 6.46. The maximum atomic E-state index is 13.5. The van der Waals surface area contributed by atoms with E-state index >= 15 is 0 Å². The van der Waals surface area contributed by atoms with Crippen molar-refractivity contribution in [1.29, 1.82) is 0 Å². The first-order valence-electron chi connectivity index (χ1n) is 5.42. The van der Waals surface area contributed by atoms with E-state index in [1.807, 2.05) is 6.92 Å². The van der Waals surface area contributed by atoms with Crippen molar-refractivity contribution < 1.29 is 9.13 Å². The summed E-state index contributed by atoms with van der Waals surface area (Å²) in [6.07, 6.45) is 0. The van der Waals surface area contributed by atoms with E-state index in [1.165, 1.54) is 17.8 Å². The summed E-state index contributed by atoms with van der Waals surface area (Å²) in [5.41, 5.74) is 6.19. The molecule has 0 saturated carbocycles. The maximum absolute atomic E-state index is 13.5. The highest BCUT2D eigenvalue weighted by atomic mass is 35.5. The third-order valence-corrected chi connectivity index (χ3v) is 3.37. The highest BCUT2D eigenvalue weighted by molar-refractivity contribution is 8.13. The lowest BCUT2D eigenvalue weighted by molar-refractivity contribution is 0.186. The summed E-state index contributed by atoms with van der Waals surface area (Å²) in [7, 11) is 1.61. The molecule has 0 fully saturated rings. The number of ether oxygens (including phenoxy) is 1. The van der Waals surface area contributed by atoms with E-state index in [0.29, 0.717) is 28.1 Å². The van der Waals surface area contributed by atoms with Crippen LogP contribution in [0.15, 0.2) is 23.2 Å². The summed E-state index contributed by atoms with van der Waals surface area (Å²) in [4.78, 5) is 4.21. The molecule has 6 heteroatoms. The molecule has 2 N–H and O–H groups in total. The van der Waals surface area contributed by atoms with Crippen molar-refractivity contribution in [2.24, 2.45) is 10.7 Å². The zero-order chi connectivity index (χ0) is 13.5. The fraction of sp³-hybridized carbons (Fsp3) is 0.417. The number of nitrogens with zero attached hydrogens (tertiary/aromatic N) is 1. The first-order valence-corrected chi connectivity index (χ1v) is 6.78. The van der Waals surface area contributed by atoms with Crippen LogP contribution in [0.4, 0.5) is 4.39 Å². The molecule has 0 bridgehead atoms. The van der Waals surface area contributed by atoms with Crippen LogP contribution in [0.25, 0.3) is 0 Å². The molecule has 100 valence electrons. The third kappa shape index (κ3) is 4.84. The van der Waals surface area contributed by atoms with Crippen LogP contribution in [-0.2, 0) is 10.5 Å². The average molecular weight is 291 g/mol. The highest BCUT2D eigenvalue weighted by Gasteiger charge is 2.08. The number of methoxy groups -OCH3 is 1. The molecule has 0 saturated heterocycles. The van der Waals surface area contributed by atoms with Crippen molar-refractivity contribution in [3.05, 3.63) is 34.6 Å². The summed E-state index contributed by atoms with van der Waals surface area (Å²) in [6, 6.07) is 4.59. The molecule has 0 aliphatic carbocycles. The lowest BCUT2D eigenvalue weighted by atomic mass is 10.2. The Balaban J connectivity index is 2.60. The monoisotopic (exact) mass is 290 g/mol. The van der Waals surface area contributed by atoms with Gasteiger partial charge in [-0.25, -0.2) is 4.39 Å². The molecule has 1 aromatic carbocycles. The first-order chi connectivity index (χ1) is 8.54. The third-order valence-electron chi connectivity index (χ3n) is 2.18. The molecular weight excluding hydrogens is 275 g/mol. The van der Waals surface area contributed by atoms with E-state index in [1.54, 1.807) is 19.2 Å². The fourth-order valence-corrected chi connectivity index (χ4v) is 2.50. The topological polar surface area (TPSA) is 47.6 Å². The quantitative estimate of drug-likeness (QED) is 0.670. The number of thioether (sulfide) groups is 1. The van der Waals surface area contributed by atoms with E-state index in [0.717, 1.165) is 0 Å². The van der Waals surface area contributed by atoms with E-state index in [9.17, 15) is 4.39 Å². The number of aliphatic imine (C=N–C) groups is 1. The lowest BCUT2D eigenvalue weighted by Gasteiger charge is -2.08. The highest BCUT2D eigenvalue weighted by Crippen LogP contribution is 2.23. The zero-order valence-electron chi connectivity index (χ0n) is 10.3. The molecule has 3 nitrogen and oxygen atoms in total. The van der Waals surface area contributed by atoms with Gasteiger partial charge < -0.3 is 10.5 Å². The van der Waals surface area contributed by atoms with Gasteiger partial charge >= 0.3 is 0 Å². The minimum atomic E-state index is -0.326. The van der Waals surface area contributed by atoms with Crippen molar-refractivity contribution in [3.63, 3.8) is 0 Å². The molecule has 1 atom stereocenters. The van der Waals surface area contributed by atoms with Crippen molar-refractivity contribution >= 4 is 28.5 Å². The summed E-state index contributed by atoms with van der Waals surface area (Å²) in [6.45, 7) is 2.40. The Morgan fingerprint density at radius 2 is 2.33 bits per heavy atom. The van der Waals surface area contributed by atoms with Crippen molar-refractivity contribution in [2.75, 3.05) is 13.7 Å². The molecular formula is C12H16ClFN2OS. The second-order valence-electron chi connectivity index (χ2n) is 3.76. The van der Waals surface area contributed by atoms with Gasteiger partial charge in [0.25, 0.3) is 0 Å². The lowest BCUT2D eigenvalue weighted by Crippen LogP contribution is -2.15. The van der Waals surface area contributed by atoms with Crippen LogP contribution in [0.5, 0.6) is 0 Å². The van der Waals surface area contributed by atoms with Crippen LogP contribution in [0.2, 0.25) is 5.02 Å². The largest absolute Gasteiger partial charge is 0.382 e. The van der Waals surface area contributed by atoms with Crippen molar-refractivity contribution in [2.45, 2.75) is 18.7 Å². The van der Waals surface area contributed by atoms with Gasteiger partial charge in [-0.15, -0.1) is 0 Å². The Morgan fingerprint density at radius 3 is 2.94 bits per heavy atom. The molecule has 0 aromatic heterocycles.